The highest BCUT2D eigenvalue weighted by atomic mass is 19.1. The second-order valence-electron chi connectivity index (χ2n) is 2.15. The predicted octanol–water partition coefficient (Wildman–Crippen LogP) is 0.493. The van der Waals surface area contributed by atoms with Crippen molar-refractivity contribution in [1.82, 2.24) is 15.0 Å². The molecular formula is C6H9FN4O. The molecule has 0 fully saturated rings. The van der Waals surface area contributed by atoms with Crippen molar-refractivity contribution in [3.8, 4) is 6.01 Å². The van der Waals surface area contributed by atoms with Crippen molar-refractivity contribution >= 4 is 5.95 Å². The molecule has 66 valence electrons. The molecular weight excluding hydrogens is 163 g/mol. The second kappa shape index (κ2) is 3.29. The lowest BCUT2D eigenvalue weighted by atomic mass is 10.4. The zero-order valence-corrected chi connectivity index (χ0v) is 6.78. The largest absolute Gasteiger partial charge is 0.467 e. The maximum absolute atomic E-state index is 12.7. The van der Waals surface area contributed by atoms with E-state index in [2.05, 4.69) is 19.7 Å². The summed E-state index contributed by atoms with van der Waals surface area (Å²) in [6, 6.07) is 0.0296. The summed E-state index contributed by atoms with van der Waals surface area (Å²) in [7, 11) is 1.38. The van der Waals surface area contributed by atoms with Crippen LogP contribution in [0, 0.1) is 0 Å². The summed E-state index contributed by atoms with van der Waals surface area (Å²) in [5, 5.41) is 0. The maximum atomic E-state index is 12.7. The van der Waals surface area contributed by atoms with Gasteiger partial charge in [0.05, 0.1) is 7.11 Å². The van der Waals surface area contributed by atoms with E-state index in [-0.39, 0.29) is 17.8 Å². The van der Waals surface area contributed by atoms with Crippen LogP contribution in [0.15, 0.2) is 0 Å². The van der Waals surface area contributed by atoms with Gasteiger partial charge in [0.15, 0.2) is 12.0 Å². The Morgan fingerprint density at radius 1 is 1.42 bits per heavy atom. The number of hydrogen-bond donors (Lipinski definition) is 1. The topological polar surface area (TPSA) is 73.9 Å². The number of halogens is 1. The predicted molar refractivity (Wildman–Crippen MR) is 40.3 cm³/mol. The highest BCUT2D eigenvalue weighted by Gasteiger charge is 2.10. The minimum absolute atomic E-state index is 0.0145. The fourth-order valence-corrected chi connectivity index (χ4v) is 0.658. The molecule has 6 heteroatoms. The van der Waals surface area contributed by atoms with Crippen LogP contribution in [-0.4, -0.2) is 22.1 Å². The molecule has 5 nitrogen and oxygen atoms in total. The molecule has 0 saturated heterocycles. The fourth-order valence-electron chi connectivity index (χ4n) is 0.658. The van der Waals surface area contributed by atoms with Crippen molar-refractivity contribution in [2.24, 2.45) is 0 Å². The molecule has 0 bridgehead atoms. The summed E-state index contributed by atoms with van der Waals surface area (Å²) in [6.45, 7) is 1.31. The first-order chi connectivity index (χ1) is 5.63. The Kier molecular flexibility index (Phi) is 2.37. The van der Waals surface area contributed by atoms with Gasteiger partial charge in [0.1, 0.15) is 0 Å². The van der Waals surface area contributed by atoms with E-state index in [9.17, 15) is 4.39 Å². The van der Waals surface area contributed by atoms with Gasteiger partial charge in [-0.25, -0.2) is 4.39 Å². The van der Waals surface area contributed by atoms with Gasteiger partial charge in [0, 0.05) is 0 Å². The smallest absolute Gasteiger partial charge is 0.321 e. The number of anilines is 1. The van der Waals surface area contributed by atoms with Gasteiger partial charge in [-0.3, -0.25) is 0 Å². The van der Waals surface area contributed by atoms with Gasteiger partial charge in [-0.1, -0.05) is 0 Å². The average Bonchev–Trinajstić information content (AvgIpc) is 2.03. The number of nitrogens with two attached hydrogens (primary N) is 1. The Bertz CT molecular complexity index is 278. The van der Waals surface area contributed by atoms with Crippen LogP contribution in [-0.2, 0) is 0 Å². The molecule has 1 heterocycles. The summed E-state index contributed by atoms with van der Waals surface area (Å²) in [6.07, 6.45) is -1.27. The number of methoxy groups -OCH3 is 1. The molecule has 1 aromatic heterocycles. The van der Waals surface area contributed by atoms with Crippen LogP contribution < -0.4 is 10.5 Å². The van der Waals surface area contributed by atoms with Crippen LogP contribution in [0.3, 0.4) is 0 Å². The number of hydrogen-bond acceptors (Lipinski definition) is 5. The second-order valence-corrected chi connectivity index (χ2v) is 2.15. The molecule has 2 N–H and O–H groups in total. The van der Waals surface area contributed by atoms with E-state index in [1.165, 1.54) is 14.0 Å². The van der Waals surface area contributed by atoms with Crippen LogP contribution >= 0.6 is 0 Å². The lowest BCUT2D eigenvalue weighted by Crippen LogP contribution is -2.05. The third kappa shape index (κ3) is 1.77. The molecule has 1 aromatic rings. The first-order valence-electron chi connectivity index (χ1n) is 3.33. The molecule has 0 spiro atoms. The molecule has 1 rings (SSSR count). The van der Waals surface area contributed by atoms with Crippen molar-refractivity contribution in [2.45, 2.75) is 13.1 Å². The minimum Gasteiger partial charge on any atom is -0.467 e. The molecule has 0 radical (unpaired) electrons. The van der Waals surface area contributed by atoms with E-state index in [1.807, 2.05) is 0 Å². The van der Waals surface area contributed by atoms with Crippen LogP contribution in [0.25, 0.3) is 0 Å². The normalized spacial score (nSPS) is 12.6. The Morgan fingerprint density at radius 2 is 2.08 bits per heavy atom. The van der Waals surface area contributed by atoms with Crippen LogP contribution in [0.4, 0.5) is 10.3 Å². The Labute approximate surface area is 68.8 Å². The van der Waals surface area contributed by atoms with Crippen LogP contribution in [0.2, 0.25) is 0 Å². The van der Waals surface area contributed by atoms with Crippen LogP contribution in [0.5, 0.6) is 6.01 Å². The van der Waals surface area contributed by atoms with E-state index in [0.29, 0.717) is 0 Å². The standard InChI is InChI=1S/C6H9FN4O/c1-3(7)4-9-5(8)11-6(10-4)12-2/h3H,1-2H3,(H2,8,9,10,11). The Balaban J connectivity index is 3.06. The van der Waals surface area contributed by atoms with E-state index < -0.39 is 6.17 Å². The van der Waals surface area contributed by atoms with E-state index in [1.54, 1.807) is 0 Å². The molecule has 0 aliphatic carbocycles. The first-order valence-corrected chi connectivity index (χ1v) is 3.33. The Hall–Kier alpha value is -1.46. The minimum atomic E-state index is -1.27. The molecule has 0 saturated carbocycles. The number of ether oxygens (including phenoxy) is 1. The number of nitrogen functional groups attached to an aromatic ring is 1. The monoisotopic (exact) mass is 172 g/mol. The molecule has 0 amide bonds. The van der Waals surface area contributed by atoms with Gasteiger partial charge >= 0.3 is 6.01 Å². The molecule has 1 atom stereocenters. The third-order valence-electron chi connectivity index (χ3n) is 1.19. The number of aromatic nitrogens is 3. The van der Waals surface area contributed by atoms with Gasteiger partial charge in [-0.2, -0.15) is 15.0 Å². The summed E-state index contributed by atoms with van der Waals surface area (Å²) in [4.78, 5) is 10.8. The summed E-state index contributed by atoms with van der Waals surface area (Å²) >= 11 is 0. The molecule has 1 unspecified atom stereocenters. The molecule has 0 aromatic carbocycles. The Morgan fingerprint density at radius 3 is 2.58 bits per heavy atom. The van der Waals surface area contributed by atoms with Gasteiger partial charge in [-0.05, 0) is 6.92 Å². The van der Waals surface area contributed by atoms with Crippen molar-refractivity contribution in [1.29, 1.82) is 0 Å². The third-order valence-corrected chi connectivity index (χ3v) is 1.19. The lowest BCUT2D eigenvalue weighted by molar-refractivity contribution is 0.336. The maximum Gasteiger partial charge on any atom is 0.321 e. The van der Waals surface area contributed by atoms with Gasteiger partial charge in [0.2, 0.25) is 5.95 Å². The van der Waals surface area contributed by atoms with Gasteiger partial charge in [0.25, 0.3) is 0 Å². The van der Waals surface area contributed by atoms with Crippen LogP contribution in [0.1, 0.15) is 18.9 Å². The van der Waals surface area contributed by atoms with Crippen molar-refractivity contribution in [3.05, 3.63) is 5.82 Å². The highest BCUT2D eigenvalue weighted by molar-refractivity contribution is 5.18. The van der Waals surface area contributed by atoms with Crippen molar-refractivity contribution in [3.63, 3.8) is 0 Å². The van der Waals surface area contributed by atoms with E-state index >= 15 is 0 Å². The quantitative estimate of drug-likeness (QED) is 0.702. The SMILES string of the molecule is COc1nc(N)nc(C(C)F)n1. The van der Waals surface area contributed by atoms with E-state index in [4.69, 9.17) is 5.73 Å². The summed E-state index contributed by atoms with van der Waals surface area (Å²) in [5.74, 6) is -0.0549. The average molecular weight is 172 g/mol. The van der Waals surface area contributed by atoms with Crippen molar-refractivity contribution in [2.75, 3.05) is 12.8 Å². The molecule has 0 aliphatic heterocycles. The molecule has 12 heavy (non-hydrogen) atoms. The highest BCUT2D eigenvalue weighted by Crippen LogP contribution is 2.14. The summed E-state index contributed by atoms with van der Waals surface area (Å²) in [5.41, 5.74) is 5.26. The number of nitrogens with zero attached hydrogens (tertiary/aromatic N) is 3. The van der Waals surface area contributed by atoms with Crippen molar-refractivity contribution < 1.29 is 9.13 Å². The van der Waals surface area contributed by atoms with Gasteiger partial charge < -0.3 is 10.5 Å². The zero-order chi connectivity index (χ0) is 9.14. The number of alkyl halides is 1. The van der Waals surface area contributed by atoms with Gasteiger partial charge in [-0.15, -0.1) is 0 Å². The molecule has 0 aliphatic rings. The fraction of sp³-hybridized carbons (Fsp3) is 0.500. The lowest BCUT2D eigenvalue weighted by Gasteiger charge is -2.02. The van der Waals surface area contributed by atoms with E-state index in [0.717, 1.165) is 0 Å². The summed E-state index contributed by atoms with van der Waals surface area (Å²) < 4.78 is 17.3. The number of rotatable bonds is 2. The zero-order valence-electron chi connectivity index (χ0n) is 6.78. The first kappa shape index (κ1) is 8.63.